The Balaban J connectivity index is 1.93. The van der Waals surface area contributed by atoms with Crippen LogP contribution in [-0.2, 0) is 0 Å². The van der Waals surface area contributed by atoms with Crippen molar-refractivity contribution in [2.24, 2.45) is 5.10 Å². The van der Waals surface area contributed by atoms with E-state index in [-0.39, 0.29) is 17.2 Å². The highest BCUT2D eigenvalue weighted by atomic mass is 16.5. The molecule has 0 bridgehead atoms. The summed E-state index contributed by atoms with van der Waals surface area (Å²) in [5, 5.41) is 11.2. The second kappa shape index (κ2) is 12.5. The van der Waals surface area contributed by atoms with Crippen molar-refractivity contribution < 1.29 is 28.4 Å². The summed E-state index contributed by atoms with van der Waals surface area (Å²) in [6.07, 6.45) is 0. The van der Waals surface area contributed by atoms with E-state index in [1.54, 1.807) is 24.3 Å². The Kier molecular flexibility index (Phi) is 8.69. The standard InChI is InChI=1S/C28H29N5O7/c1-35-19-12-16(13-20(36-2)25(19)39-5)23(31-30-18-10-8-7-9-11-18)24-28(34)33-32-27(29-24)17-14-21(37-3)26(40-6)22(15-17)38-4/h7-15,30H,1-6H3,(H,33,34)/b31-23-. The molecule has 0 saturated heterocycles. The molecule has 4 aromatic rings. The normalized spacial score (nSPS) is 11.0. The number of benzene rings is 3. The highest BCUT2D eigenvalue weighted by Crippen LogP contribution is 2.41. The van der Waals surface area contributed by atoms with Crippen molar-refractivity contribution in [2.45, 2.75) is 0 Å². The van der Waals surface area contributed by atoms with Crippen LogP contribution >= 0.6 is 0 Å². The van der Waals surface area contributed by atoms with Crippen LogP contribution < -0.4 is 39.4 Å². The van der Waals surface area contributed by atoms with Gasteiger partial charge in [0.15, 0.2) is 34.5 Å². The van der Waals surface area contributed by atoms with Crippen molar-refractivity contribution in [3.63, 3.8) is 0 Å². The third-order valence-electron chi connectivity index (χ3n) is 5.85. The number of nitrogens with one attached hydrogen (secondary N) is 2. The lowest BCUT2D eigenvalue weighted by atomic mass is 10.1. The van der Waals surface area contributed by atoms with Gasteiger partial charge >= 0.3 is 0 Å². The number of methoxy groups -OCH3 is 6. The molecule has 2 N–H and O–H groups in total. The van der Waals surface area contributed by atoms with Gasteiger partial charge in [-0.3, -0.25) is 10.2 Å². The molecule has 0 aliphatic heterocycles. The van der Waals surface area contributed by atoms with Gasteiger partial charge in [-0.15, -0.1) is 0 Å². The molecular formula is C28H29N5O7. The molecule has 4 rings (SSSR count). The highest BCUT2D eigenvalue weighted by molar-refractivity contribution is 6.12. The molecule has 0 aliphatic carbocycles. The number of hydrogen-bond acceptors (Lipinski definition) is 11. The van der Waals surface area contributed by atoms with Crippen LogP contribution in [0.3, 0.4) is 0 Å². The van der Waals surface area contributed by atoms with Gasteiger partial charge in [-0.25, -0.2) is 10.1 Å². The monoisotopic (exact) mass is 547 g/mol. The van der Waals surface area contributed by atoms with Gasteiger partial charge in [-0.1, -0.05) is 18.2 Å². The first kappa shape index (κ1) is 27.8. The van der Waals surface area contributed by atoms with Gasteiger partial charge < -0.3 is 28.4 Å². The molecule has 3 aromatic carbocycles. The predicted molar refractivity (Wildman–Crippen MR) is 150 cm³/mol. The van der Waals surface area contributed by atoms with Crippen molar-refractivity contribution in [3.8, 4) is 45.9 Å². The van der Waals surface area contributed by atoms with Crippen LogP contribution in [0.2, 0.25) is 0 Å². The zero-order valence-electron chi connectivity index (χ0n) is 22.9. The average Bonchev–Trinajstić information content (AvgIpc) is 3.00. The van der Waals surface area contributed by atoms with E-state index in [0.717, 1.165) is 0 Å². The van der Waals surface area contributed by atoms with Crippen LogP contribution in [0.4, 0.5) is 5.69 Å². The van der Waals surface area contributed by atoms with Crippen LogP contribution in [-0.4, -0.2) is 63.6 Å². The topological polar surface area (TPSA) is 138 Å². The van der Waals surface area contributed by atoms with E-state index in [4.69, 9.17) is 28.4 Å². The number of hydrazone groups is 1. The van der Waals surface area contributed by atoms with Gasteiger partial charge in [0.05, 0.1) is 48.3 Å². The first-order valence-corrected chi connectivity index (χ1v) is 11.9. The van der Waals surface area contributed by atoms with Gasteiger partial charge in [0, 0.05) is 11.1 Å². The lowest BCUT2D eigenvalue weighted by molar-refractivity contribution is 0.324. The fourth-order valence-electron chi connectivity index (χ4n) is 3.94. The van der Waals surface area contributed by atoms with E-state index in [1.807, 2.05) is 30.3 Å². The second-order valence-electron chi connectivity index (χ2n) is 8.10. The quantitative estimate of drug-likeness (QED) is 0.211. The molecule has 0 amide bonds. The molecule has 1 heterocycles. The third-order valence-corrected chi connectivity index (χ3v) is 5.85. The molecule has 208 valence electrons. The molecule has 0 radical (unpaired) electrons. The van der Waals surface area contributed by atoms with Gasteiger partial charge in [0.25, 0.3) is 5.56 Å². The number of nitrogens with zero attached hydrogens (tertiary/aromatic N) is 3. The number of aromatic amines is 1. The van der Waals surface area contributed by atoms with Crippen molar-refractivity contribution >= 4 is 11.4 Å². The molecule has 0 spiro atoms. The predicted octanol–water partition coefficient (Wildman–Crippen LogP) is 3.75. The van der Waals surface area contributed by atoms with Crippen LogP contribution in [0.15, 0.2) is 64.5 Å². The molecule has 0 saturated carbocycles. The summed E-state index contributed by atoms with van der Waals surface area (Å²) < 4.78 is 32.9. The van der Waals surface area contributed by atoms with Crippen LogP contribution in [0.1, 0.15) is 11.3 Å². The minimum absolute atomic E-state index is 0.0172. The van der Waals surface area contributed by atoms with Crippen LogP contribution in [0.25, 0.3) is 11.4 Å². The number of rotatable bonds is 11. The van der Waals surface area contributed by atoms with Crippen molar-refractivity contribution in [2.75, 3.05) is 48.1 Å². The average molecular weight is 548 g/mol. The molecule has 12 nitrogen and oxygen atoms in total. The van der Waals surface area contributed by atoms with Crippen molar-refractivity contribution in [1.29, 1.82) is 0 Å². The molecule has 0 aliphatic rings. The molecular weight excluding hydrogens is 518 g/mol. The molecule has 0 atom stereocenters. The van der Waals surface area contributed by atoms with Crippen LogP contribution in [0, 0.1) is 0 Å². The Morgan fingerprint density at radius 1 is 0.750 bits per heavy atom. The molecule has 1 aromatic heterocycles. The number of hydrogen-bond donors (Lipinski definition) is 2. The minimum Gasteiger partial charge on any atom is -0.493 e. The van der Waals surface area contributed by atoms with Crippen molar-refractivity contribution in [1.82, 2.24) is 15.2 Å². The zero-order chi connectivity index (χ0) is 28.6. The van der Waals surface area contributed by atoms with E-state index < -0.39 is 5.56 Å². The largest absolute Gasteiger partial charge is 0.493 e. The number of aromatic nitrogens is 3. The summed E-state index contributed by atoms with van der Waals surface area (Å²) in [7, 11) is 9.02. The summed E-state index contributed by atoms with van der Waals surface area (Å²) in [6.45, 7) is 0. The zero-order valence-corrected chi connectivity index (χ0v) is 22.9. The lowest BCUT2D eigenvalue weighted by Gasteiger charge is -2.16. The highest BCUT2D eigenvalue weighted by Gasteiger charge is 2.22. The summed E-state index contributed by atoms with van der Waals surface area (Å²) in [5.41, 5.74) is 4.27. The van der Waals surface area contributed by atoms with E-state index in [2.05, 4.69) is 25.7 Å². The second-order valence-corrected chi connectivity index (χ2v) is 8.10. The van der Waals surface area contributed by atoms with Gasteiger partial charge in [0.1, 0.15) is 5.71 Å². The smallest absolute Gasteiger partial charge is 0.292 e. The SMILES string of the molecule is COc1cc(/C(=N/Nc2ccccc2)c2nc(-c3cc(OC)c(OC)c(OC)c3)n[nH]c2=O)cc(OC)c1OC. The van der Waals surface area contributed by atoms with E-state index in [0.29, 0.717) is 51.3 Å². The third kappa shape index (κ3) is 5.60. The first-order valence-electron chi connectivity index (χ1n) is 11.9. The maximum Gasteiger partial charge on any atom is 0.292 e. The Morgan fingerprint density at radius 2 is 1.27 bits per heavy atom. The molecule has 40 heavy (non-hydrogen) atoms. The first-order chi connectivity index (χ1) is 19.5. The number of para-hydroxylation sites is 1. The molecule has 12 heteroatoms. The Morgan fingerprint density at radius 3 is 1.77 bits per heavy atom. The van der Waals surface area contributed by atoms with Crippen LogP contribution in [0.5, 0.6) is 34.5 Å². The summed E-state index contributed by atoms with van der Waals surface area (Å²) in [6, 6.07) is 16.0. The van der Waals surface area contributed by atoms with Crippen molar-refractivity contribution in [3.05, 3.63) is 76.2 Å². The fourth-order valence-corrected chi connectivity index (χ4v) is 3.94. The summed E-state index contributed by atoms with van der Waals surface area (Å²) >= 11 is 0. The number of ether oxygens (including phenoxy) is 6. The molecule has 0 fully saturated rings. The minimum atomic E-state index is -0.571. The van der Waals surface area contributed by atoms with E-state index >= 15 is 0 Å². The number of H-pyrrole nitrogens is 1. The number of anilines is 1. The van der Waals surface area contributed by atoms with Gasteiger partial charge in [0.2, 0.25) is 11.5 Å². The lowest BCUT2D eigenvalue weighted by Crippen LogP contribution is -2.24. The summed E-state index contributed by atoms with van der Waals surface area (Å²) in [5.74, 6) is 2.53. The maximum absolute atomic E-state index is 13.2. The summed E-state index contributed by atoms with van der Waals surface area (Å²) in [4.78, 5) is 17.8. The van der Waals surface area contributed by atoms with Gasteiger partial charge in [-0.05, 0) is 36.4 Å². The Hall–Kier alpha value is -5.26. The maximum atomic E-state index is 13.2. The van der Waals surface area contributed by atoms with E-state index in [9.17, 15) is 4.79 Å². The van der Waals surface area contributed by atoms with Gasteiger partial charge in [-0.2, -0.15) is 10.2 Å². The Labute approximate surface area is 230 Å². The molecule has 0 unspecified atom stereocenters. The van der Waals surface area contributed by atoms with E-state index in [1.165, 1.54) is 42.7 Å². The fraction of sp³-hybridized carbons (Fsp3) is 0.214. The Bertz CT molecular complexity index is 1520.